The van der Waals surface area contributed by atoms with Gasteiger partial charge in [0.25, 0.3) is 0 Å². The topological polar surface area (TPSA) is 92.8 Å². The van der Waals surface area contributed by atoms with Crippen LogP contribution in [0.2, 0.25) is 0 Å². The first-order valence-corrected chi connectivity index (χ1v) is 14.8. The van der Waals surface area contributed by atoms with Crippen molar-refractivity contribution in [3.05, 3.63) is 52.9 Å². The first-order chi connectivity index (χ1) is 16.9. The SMILES string of the molecule is CCCCCCCCCCCCNS(=O)(=O)c1ccc(CN(Cc2ccccc2)OC(=O)C=O)s1. The largest absolute Gasteiger partial charge is 0.390 e. The van der Waals surface area contributed by atoms with Gasteiger partial charge in [0.2, 0.25) is 16.3 Å². The van der Waals surface area contributed by atoms with Crippen molar-refractivity contribution in [3.63, 3.8) is 0 Å². The summed E-state index contributed by atoms with van der Waals surface area (Å²) in [6.07, 6.45) is 12.1. The second-order valence-corrected chi connectivity index (χ2v) is 11.8. The van der Waals surface area contributed by atoms with Gasteiger partial charge in [-0.3, -0.25) is 4.79 Å². The highest BCUT2D eigenvalue weighted by Crippen LogP contribution is 2.24. The normalized spacial score (nSPS) is 11.6. The Morgan fingerprint density at radius 1 is 0.914 bits per heavy atom. The number of hydrogen-bond donors (Lipinski definition) is 1. The Morgan fingerprint density at radius 2 is 1.54 bits per heavy atom. The molecule has 0 amide bonds. The molecular formula is C26H38N2O5S2. The summed E-state index contributed by atoms with van der Waals surface area (Å²) in [4.78, 5) is 28.1. The lowest BCUT2D eigenvalue weighted by Crippen LogP contribution is -2.27. The number of aldehydes is 1. The number of rotatable bonds is 19. The number of carbonyl (C=O) groups is 2. The lowest BCUT2D eigenvalue weighted by molar-refractivity contribution is -0.194. The summed E-state index contributed by atoms with van der Waals surface area (Å²) < 4.78 is 28.2. The molecule has 0 aliphatic heterocycles. The number of carbonyl (C=O) groups excluding carboxylic acids is 2. The van der Waals surface area contributed by atoms with E-state index < -0.39 is 16.0 Å². The number of thiophene rings is 1. The van der Waals surface area contributed by atoms with E-state index in [0.29, 0.717) is 11.4 Å². The molecule has 1 N–H and O–H groups in total. The van der Waals surface area contributed by atoms with Gasteiger partial charge in [0, 0.05) is 11.4 Å². The van der Waals surface area contributed by atoms with Crippen LogP contribution in [-0.2, 0) is 37.5 Å². The number of nitrogens with one attached hydrogen (secondary N) is 1. The first-order valence-electron chi connectivity index (χ1n) is 12.5. The van der Waals surface area contributed by atoms with Crippen LogP contribution in [0.15, 0.2) is 46.7 Å². The number of benzene rings is 1. The molecule has 0 saturated carbocycles. The fourth-order valence-electron chi connectivity index (χ4n) is 3.71. The van der Waals surface area contributed by atoms with Crippen LogP contribution in [-0.4, -0.2) is 32.3 Å². The molecule has 0 fully saturated rings. The molecule has 1 aromatic carbocycles. The van der Waals surface area contributed by atoms with E-state index in [4.69, 9.17) is 4.84 Å². The van der Waals surface area contributed by atoms with Crippen molar-refractivity contribution in [1.29, 1.82) is 0 Å². The maximum atomic E-state index is 12.7. The number of sulfonamides is 1. The summed E-state index contributed by atoms with van der Waals surface area (Å²) in [5.41, 5.74) is 0.897. The smallest absolute Gasteiger partial charge is 0.361 e. The summed E-state index contributed by atoms with van der Waals surface area (Å²) in [7, 11) is -3.59. The molecule has 0 spiro atoms. The zero-order valence-corrected chi connectivity index (χ0v) is 22.2. The predicted octanol–water partition coefficient (Wildman–Crippen LogP) is 5.61. The van der Waals surface area contributed by atoms with Crippen molar-refractivity contribution in [2.24, 2.45) is 0 Å². The molecule has 1 heterocycles. The molecule has 2 rings (SSSR count). The molecule has 194 valence electrons. The predicted molar refractivity (Wildman–Crippen MR) is 139 cm³/mol. The zero-order chi connectivity index (χ0) is 25.4. The molecule has 0 unspecified atom stereocenters. The van der Waals surface area contributed by atoms with Gasteiger partial charge in [0.05, 0.1) is 13.1 Å². The molecular weight excluding hydrogens is 484 g/mol. The van der Waals surface area contributed by atoms with E-state index in [9.17, 15) is 18.0 Å². The van der Waals surface area contributed by atoms with Crippen molar-refractivity contribution >= 4 is 33.6 Å². The van der Waals surface area contributed by atoms with Gasteiger partial charge in [-0.25, -0.2) is 17.9 Å². The van der Waals surface area contributed by atoms with E-state index in [1.54, 1.807) is 12.1 Å². The fraction of sp³-hybridized carbons (Fsp3) is 0.538. The van der Waals surface area contributed by atoms with Gasteiger partial charge in [-0.2, -0.15) is 0 Å². The molecule has 7 nitrogen and oxygen atoms in total. The minimum Gasteiger partial charge on any atom is -0.361 e. The van der Waals surface area contributed by atoms with E-state index in [0.717, 1.165) is 36.2 Å². The van der Waals surface area contributed by atoms with E-state index in [1.807, 2.05) is 30.3 Å². The van der Waals surface area contributed by atoms with Gasteiger partial charge < -0.3 is 4.84 Å². The Hall–Kier alpha value is -2.07. The van der Waals surface area contributed by atoms with Gasteiger partial charge in [0.1, 0.15) is 4.21 Å². The fourth-order valence-corrected chi connectivity index (χ4v) is 6.19. The molecule has 0 bridgehead atoms. The highest BCUT2D eigenvalue weighted by atomic mass is 32.2. The number of hydrogen-bond acceptors (Lipinski definition) is 7. The highest BCUT2D eigenvalue weighted by Gasteiger charge is 2.19. The molecule has 2 aromatic rings. The van der Waals surface area contributed by atoms with Crippen molar-refractivity contribution in [1.82, 2.24) is 9.79 Å². The van der Waals surface area contributed by atoms with Crippen LogP contribution < -0.4 is 4.72 Å². The average Bonchev–Trinajstić information content (AvgIpc) is 3.32. The summed E-state index contributed by atoms with van der Waals surface area (Å²) >= 11 is 1.12. The van der Waals surface area contributed by atoms with E-state index in [2.05, 4.69) is 11.6 Å². The molecule has 0 aliphatic carbocycles. The molecule has 35 heavy (non-hydrogen) atoms. The van der Waals surface area contributed by atoms with Crippen molar-refractivity contribution in [3.8, 4) is 0 Å². The van der Waals surface area contributed by atoms with Crippen LogP contribution in [0.5, 0.6) is 0 Å². The quantitative estimate of drug-likeness (QED) is 0.112. The Bertz CT molecular complexity index is 977. The molecule has 1 aromatic heterocycles. The summed E-state index contributed by atoms with van der Waals surface area (Å²) in [5.74, 6) is -0.997. The minimum atomic E-state index is -3.59. The Kier molecular flexibility index (Phi) is 13.8. The zero-order valence-electron chi connectivity index (χ0n) is 20.6. The number of unbranched alkanes of at least 4 members (excludes halogenated alkanes) is 9. The number of hydroxylamine groups is 2. The molecule has 0 radical (unpaired) electrons. The summed E-state index contributed by atoms with van der Waals surface area (Å²) in [6.45, 7) is 3.09. The molecule has 0 aliphatic rings. The van der Waals surface area contributed by atoms with Crippen LogP contribution in [0.1, 0.15) is 81.6 Å². The van der Waals surface area contributed by atoms with Crippen LogP contribution >= 0.6 is 11.3 Å². The highest BCUT2D eigenvalue weighted by molar-refractivity contribution is 7.91. The second-order valence-electron chi connectivity index (χ2n) is 8.61. The average molecular weight is 523 g/mol. The summed E-state index contributed by atoms with van der Waals surface area (Å²) in [5, 5.41) is 1.35. The summed E-state index contributed by atoms with van der Waals surface area (Å²) in [6, 6.07) is 12.6. The van der Waals surface area contributed by atoms with E-state index in [1.165, 1.54) is 50.0 Å². The second kappa shape index (κ2) is 16.6. The van der Waals surface area contributed by atoms with Crippen LogP contribution in [0.3, 0.4) is 0 Å². The number of nitrogens with zero attached hydrogens (tertiary/aromatic N) is 1. The van der Waals surface area contributed by atoms with Gasteiger partial charge >= 0.3 is 5.97 Å². The van der Waals surface area contributed by atoms with Gasteiger partial charge in [-0.1, -0.05) is 95.0 Å². The molecule has 0 atom stereocenters. The Morgan fingerprint density at radius 3 is 2.17 bits per heavy atom. The van der Waals surface area contributed by atoms with Gasteiger partial charge in [-0.05, 0) is 24.1 Å². The maximum absolute atomic E-state index is 12.7. The first kappa shape index (κ1) is 29.2. The van der Waals surface area contributed by atoms with Gasteiger partial charge in [0.15, 0.2) is 0 Å². The third kappa shape index (κ3) is 11.9. The van der Waals surface area contributed by atoms with Crippen LogP contribution in [0, 0.1) is 0 Å². The minimum absolute atomic E-state index is 0.111. The van der Waals surface area contributed by atoms with Crippen molar-refractivity contribution < 1.29 is 22.8 Å². The Labute approximate surface area is 213 Å². The van der Waals surface area contributed by atoms with Crippen LogP contribution in [0.4, 0.5) is 0 Å². The monoisotopic (exact) mass is 522 g/mol. The Balaban J connectivity index is 1.77. The van der Waals surface area contributed by atoms with Gasteiger partial charge in [-0.15, -0.1) is 16.4 Å². The lowest BCUT2D eigenvalue weighted by atomic mass is 10.1. The standard InChI is InChI=1S/C26H38N2O5S2/c1-2-3-4-5-6-7-8-9-10-14-19-27-35(31,32)26-18-17-24(34-26)21-28(33-25(30)22-29)20-23-15-12-11-13-16-23/h11-13,15-18,22,27H,2-10,14,19-21H2,1H3. The van der Waals surface area contributed by atoms with Crippen LogP contribution in [0.25, 0.3) is 0 Å². The van der Waals surface area contributed by atoms with E-state index >= 15 is 0 Å². The lowest BCUT2D eigenvalue weighted by Gasteiger charge is -2.19. The van der Waals surface area contributed by atoms with Crippen molar-refractivity contribution in [2.75, 3.05) is 6.54 Å². The maximum Gasteiger partial charge on any atom is 0.390 e. The molecule has 9 heteroatoms. The molecule has 0 saturated heterocycles. The van der Waals surface area contributed by atoms with Crippen molar-refractivity contribution in [2.45, 2.75) is 88.4 Å². The van der Waals surface area contributed by atoms with E-state index in [-0.39, 0.29) is 23.6 Å². The third-order valence-electron chi connectivity index (χ3n) is 5.57. The third-order valence-corrected chi connectivity index (χ3v) is 8.60.